The Morgan fingerprint density at radius 1 is 0.605 bits per heavy atom. The fraction of sp³-hybridized carbons (Fsp3) is 0.167. The molecule has 0 saturated heterocycles. The molecule has 0 saturated carbocycles. The predicted molar refractivity (Wildman–Crippen MR) is 124 cm³/mol. The van der Waals surface area contributed by atoms with Gasteiger partial charge in [0.25, 0.3) is 10.0 Å². The Morgan fingerprint density at radius 3 is 1.44 bits per heavy atom. The average Bonchev–Trinajstić information content (AvgIpc) is 3.29. The Hall–Kier alpha value is -4.29. The van der Waals surface area contributed by atoms with Gasteiger partial charge in [-0.25, -0.2) is 13.1 Å². The van der Waals surface area contributed by atoms with Crippen LogP contribution >= 0.6 is 0 Å². The third kappa shape index (κ3) is 6.86. The zero-order valence-electron chi connectivity index (χ0n) is 20.5. The first-order valence-electron chi connectivity index (χ1n) is 11.2. The first-order valence-corrected chi connectivity index (χ1v) is 12.7. The van der Waals surface area contributed by atoms with Gasteiger partial charge in [-0.05, 0) is 36.4 Å². The molecule has 230 valence electrons. The molecule has 19 heteroatoms. The number of rotatable bonds is 5. The third-order valence-electron chi connectivity index (χ3n) is 5.64. The quantitative estimate of drug-likeness (QED) is 0.224. The van der Waals surface area contributed by atoms with Crippen molar-refractivity contribution < 1.29 is 61.1 Å². The summed E-state index contributed by atoms with van der Waals surface area (Å²) in [7, 11) is -5.37. The number of aromatic nitrogens is 3. The molecule has 1 heterocycles. The van der Waals surface area contributed by atoms with Gasteiger partial charge in [-0.3, -0.25) is 4.72 Å². The zero-order valence-corrected chi connectivity index (χ0v) is 21.3. The molecule has 0 aliphatic carbocycles. The van der Waals surface area contributed by atoms with Gasteiger partial charge in [-0.1, -0.05) is 35.5 Å². The van der Waals surface area contributed by atoms with E-state index in [0.717, 1.165) is 0 Å². The number of sulfonamides is 1. The molecule has 4 aromatic rings. The van der Waals surface area contributed by atoms with E-state index in [2.05, 4.69) is 10.3 Å². The normalized spacial score (nSPS) is 13.3. The summed E-state index contributed by atoms with van der Waals surface area (Å²) in [5, 5.41) is 6.87. The maximum Gasteiger partial charge on any atom is 0.416 e. The van der Waals surface area contributed by atoms with Crippen molar-refractivity contribution >= 4 is 15.8 Å². The summed E-state index contributed by atoms with van der Waals surface area (Å²) in [6, 6.07) is 6.26. The maximum atomic E-state index is 13.5. The Morgan fingerprint density at radius 2 is 1.02 bits per heavy atom. The summed E-state index contributed by atoms with van der Waals surface area (Å²) in [6.45, 7) is 0. The monoisotopic (exact) mass is 648 g/mol. The largest absolute Gasteiger partial charge is 0.416 e. The Balaban J connectivity index is 1.93. The lowest BCUT2D eigenvalue weighted by Crippen LogP contribution is -2.18. The van der Waals surface area contributed by atoms with Crippen LogP contribution in [0.3, 0.4) is 0 Å². The molecule has 0 spiro atoms. The molecule has 1 N–H and O–H groups in total. The molecule has 0 atom stereocenters. The molecule has 0 unspecified atom stereocenters. The van der Waals surface area contributed by atoms with Gasteiger partial charge >= 0.3 is 24.7 Å². The summed E-state index contributed by atoms with van der Waals surface area (Å²) in [5.74, 6) is -0.942. The van der Waals surface area contributed by atoms with Crippen molar-refractivity contribution in [1.82, 2.24) is 15.0 Å². The minimum atomic E-state index is -5.41. The molecule has 4 rings (SSSR count). The van der Waals surface area contributed by atoms with Crippen molar-refractivity contribution in [3.63, 3.8) is 0 Å². The number of benzene rings is 3. The van der Waals surface area contributed by atoms with Crippen LogP contribution in [0.15, 0.2) is 71.6 Å². The third-order valence-corrected chi connectivity index (χ3v) is 6.96. The van der Waals surface area contributed by atoms with E-state index in [1.165, 1.54) is 30.3 Å². The number of nitrogens with zero attached hydrogens (tertiary/aromatic N) is 3. The highest BCUT2D eigenvalue weighted by Gasteiger charge is 2.40. The standard InChI is InChI=1S/C24H12F12N4O2S/c25-21(26,27)13-6-14(22(28,29)30)9-17(8-13)40-19(12-4-2-1-3-5-12)20(37-39-40)38-43(41,42)18-10-15(23(31,32)33)7-16(11-18)24(34,35)36/h1-11,38H. The molecule has 0 aliphatic heterocycles. The van der Waals surface area contributed by atoms with Crippen LogP contribution in [-0.2, 0) is 34.7 Å². The van der Waals surface area contributed by atoms with Crippen LogP contribution in [0.1, 0.15) is 22.3 Å². The highest BCUT2D eigenvalue weighted by Crippen LogP contribution is 2.40. The smallest absolute Gasteiger partial charge is 0.260 e. The number of alkyl halides is 12. The van der Waals surface area contributed by atoms with Gasteiger partial charge in [0, 0.05) is 5.56 Å². The second-order valence-electron chi connectivity index (χ2n) is 8.68. The van der Waals surface area contributed by atoms with Crippen LogP contribution in [0, 0.1) is 0 Å². The molecular weight excluding hydrogens is 636 g/mol. The lowest BCUT2D eigenvalue weighted by atomic mass is 10.1. The van der Waals surface area contributed by atoms with Gasteiger partial charge in [0.1, 0.15) is 5.69 Å². The van der Waals surface area contributed by atoms with E-state index in [9.17, 15) is 61.1 Å². The predicted octanol–water partition coefficient (Wildman–Crippen LogP) is 7.81. The molecule has 43 heavy (non-hydrogen) atoms. The lowest BCUT2D eigenvalue weighted by molar-refractivity contribution is -0.144. The van der Waals surface area contributed by atoms with Crippen molar-refractivity contribution in [2.45, 2.75) is 29.6 Å². The molecular formula is C24H12F12N4O2S. The van der Waals surface area contributed by atoms with E-state index in [0.29, 0.717) is 4.68 Å². The van der Waals surface area contributed by atoms with Crippen LogP contribution < -0.4 is 4.72 Å². The van der Waals surface area contributed by atoms with Gasteiger partial charge in [-0.2, -0.15) is 52.7 Å². The van der Waals surface area contributed by atoms with Gasteiger partial charge < -0.3 is 0 Å². The molecule has 0 bridgehead atoms. The van der Waals surface area contributed by atoms with E-state index in [1.54, 1.807) is 4.72 Å². The summed E-state index contributed by atoms with van der Waals surface area (Å²) in [5.41, 5.74) is -9.10. The topological polar surface area (TPSA) is 76.9 Å². The Bertz CT molecular complexity index is 1690. The van der Waals surface area contributed by atoms with Crippen molar-refractivity contribution in [2.24, 2.45) is 0 Å². The minimum absolute atomic E-state index is 0.105. The van der Waals surface area contributed by atoms with E-state index < -0.39 is 79.1 Å². The van der Waals surface area contributed by atoms with E-state index in [4.69, 9.17) is 0 Å². The van der Waals surface area contributed by atoms with Crippen molar-refractivity contribution in [1.29, 1.82) is 0 Å². The van der Waals surface area contributed by atoms with E-state index >= 15 is 0 Å². The second-order valence-corrected chi connectivity index (χ2v) is 10.4. The first-order chi connectivity index (χ1) is 19.6. The summed E-state index contributed by atoms with van der Waals surface area (Å²) in [4.78, 5) is -1.53. The Kier molecular flexibility index (Phi) is 7.70. The van der Waals surface area contributed by atoms with Crippen LogP contribution in [0.5, 0.6) is 0 Å². The number of nitrogens with one attached hydrogen (secondary N) is 1. The molecule has 0 aliphatic rings. The van der Waals surface area contributed by atoms with Gasteiger partial charge in [-0.15, -0.1) is 5.10 Å². The first kappa shape index (κ1) is 31.6. The van der Waals surface area contributed by atoms with Gasteiger partial charge in [0.05, 0.1) is 32.8 Å². The molecule has 0 amide bonds. The van der Waals surface area contributed by atoms with Crippen LogP contribution in [0.25, 0.3) is 16.9 Å². The Labute approximate surface area is 232 Å². The lowest BCUT2D eigenvalue weighted by Gasteiger charge is -2.16. The number of hydrogen-bond donors (Lipinski definition) is 1. The van der Waals surface area contributed by atoms with E-state index in [-0.39, 0.29) is 42.0 Å². The van der Waals surface area contributed by atoms with Gasteiger partial charge in [0.15, 0.2) is 5.82 Å². The minimum Gasteiger partial charge on any atom is -0.260 e. The SMILES string of the molecule is O=S(=O)(Nc1nnn(-c2cc(C(F)(F)F)cc(C(F)(F)F)c2)c1-c1ccccc1)c1cc(C(F)(F)F)cc(C(F)(F)F)c1. The highest BCUT2D eigenvalue weighted by atomic mass is 32.2. The van der Waals surface area contributed by atoms with Crippen LogP contribution in [-0.4, -0.2) is 23.4 Å². The zero-order chi connectivity index (χ0) is 32.2. The average molecular weight is 648 g/mol. The highest BCUT2D eigenvalue weighted by molar-refractivity contribution is 7.92. The number of hydrogen-bond acceptors (Lipinski definition) is 4. The molecule has 1 aromatic heterocycles. The summed E-state index contributed by atoms with van der Waals surface area (Å²) < 4.78 is 189. The number of anilines is 1. The molecule has 0 radical (unpaired) electrons. The van der Waals surface area contributed by atoms with Crippen molar-refractivity contribution in [3.8, 4) is 16.9 Å². The van der Waals surface area contributed by atoms with Crippen molar-refractivity contribution in [3.05, 3.63) is 89.0 Å². The van der Waals surface area contributed by atoms with Gasteiger partial charge in [0.2, 0.25) is 0 Å². The fourth-order valence-corrected chi connectivity index (χ4v) is 4.79. The second kappa shape index (κ2) is 10.5. The maximum absolute atomic E-state index is 13.5. The molecule has 6 nitrogen and oxygen atoms in total. The number of halogens is 12. The summed E-state index contributed by atoms with van der Waals surface area (Å²) >= 11 is 0. The fourth-order valence-electron chi connectivity index (χ4n) is 3.71. The molecule has 3 aromatic carbocycles. The van der Waals surface area contributed by atoms with Crippen molar-refractivity contribution in [2.75, 3.05) is 4.72 Å². The van der Waals surface area contributed by atoms with Crippen LogP contribution in [0.2, 0.25) is 0 Å². The van der Waals surface area contributed by atoms with Crippen LogP contribution in [0.4, 0.5) is 58.5 Å². The van der Waals surface area contributed by atoms with E-state index in [1.807, 2.05) is 0 Å². The molecule has 0 fully saturated rings. The summed E-state index contributed by atoms with van der Waals surface area (Å²) in [6.07, 6.45) is -21.4.